The summed E-state index contributed by atoms with van der Waals surface area (Å²) in [5, 5.41) is 10.4. The number of aliphatic hydroxyl groups is 1. The largest absolute Gasteiger partial charge is 0.370 e. The minimum absolute atomic E-state index is 0.248. The highest BCUT2D eigenvalue weighted by Gasteiger charge is 2.69. The van der Waals surface area contributed by atoms with E-state index in [1.54, 1.807) is 7.05 Å². The van der Waals surface area contributed by atoms with Gasteiger partial charge in [-0.1, -0.05) is 6.92 Å². The second-order valence-corrected chi connectivity index (χ2v) is 4.46. The molecule has 1 N–H and O–H groups in total. The first-order valence-corrected chi connectivity index (χ1v) is 5.19. The number of carbonyl (C=O) groups is 2. The zero-order chi connectivity index (χ0) is 11.4. The summed E-state index contributed by atoms with van der Waals surface area (Å²) in [6, 6.07) is -0.425. The first-order valence-electron chi connectivity index (χ1n) is 5.19. The maximum absolute atomic E-state index is 12.0. The quantitative estimate of drug-likeness (QED) is 0.684. The second kappa shape index (κ2) is 2.72. The van der Waals surface area contributed by atoms with Gasteiger partial charge in [-0.3, -0.25) is 14.6 Å². The van der Waals surface area contributed by atoms with Crippen molar-refractivity contribution in [2.45, 2.75) is 31.9 Å². The molecule has 1 aliphatic carbocycles. The number of carbonyl (C=O) groups excluding carboxylic acids is 2. The summed E-state index contributed by atoms with van der Waals surface area (Å²) in [7, 11) is 3.02. The second-order valence-electron chi connectivity index (χ2n) is 4.46. The lowest BCUT2D eigenvalue weighted by molar-refractivity contribution is -0.250. The van der Waals surface area contributed by atoms with E-state index in [-0.39, 0.29) is 5.91 Å². The van der Waals surface area contributed by atoms with Gasteiger partial charge in [0.25, 0.3) is 0 Å². The molecule has 0 aromatic rings. The van der Waals surface area contributed by atoms with Crippen molar-refractivity contribution < 1.29 is 14.7 Å². The topological polar surface area (TPSA) is 60.9 Å². The standard InChI is InChI=1S/C10H16N2O3/c1-4-9-5-6-10(9,15)12(3)8(14)11(2)7(9)13/h15H,4-6H2,1-3H3. The number of fused-ring (bicyclic) bond motifs is 1. The van der Waals surface area contributed by atoms with E-state index in [1.807, 2.05) is 6.92 Å². The van der Waals surface area contributed by atoms with Crippen LogP contribution in [0.4, 0.5) is 4.79 Å². The molecule has 2 atom stereocenters. The van der Waals surface area contributed by atoms with Gasteiger partial charge in [0.05, 0.1) is 5.41 Å². The highest BCUT2D eigenvalue weighted by atomic mass is 16.3. The molecule has 2 unspecified atom stereocenters. The molecule has 0 bridgehead atoms. The highest BCUT2D eigenvalue weighted by Crippen LogP contribution is 2.56. The van der Waals surface area contributed by atoms with Crippen LogP contribution >= 0.6 is 0 Å². The maximum atomic E-state index is 12.0. The zero-order valence-corrected chi connectivity index (χ0v) is 9.28. The predicted octanol–water partition coefficient (Wildman–Crippen LogP) is 0.389. The number of imide groups is 1. The van der Waals surface area contributed by atoms with Crippen LogP contribution in [0.3, 0.4) is 0 Å². The molecule has 1 saturated carbocycles. The minimum Gasteiger partial charge on any atom is -0.370 e. The third-order valence-electron chi connectivity index (χ3n) is 4.11. The number of hydrogen-bond acceptors (Lipinski definition) is 3. The fourth-order valence-corrected chi connectivity index (χ4v) is 2.82. The van der Waals surface area contributed by atoms with Crippen molar-refractivity contribution in [3.8, 4) is 0 Å². The van der Waals surface area contributed by atoms with Crippen molar-refractivity contribution in [1.82, 2.24) is 9.80 Å². The number of urea groups is 1. The maximum Gasteiger partial charge on any atom is 0.328 e. The van der Waals surface area contributed by atoms with Gasteiger partial charge in [-0.25, -0.2) is 4.79 Å². The van der Waals surface area contributed by atoms with Crippen LogP contribution in [-0.2, 0) is 4.79 Å². The predicted molar refractivity (Wildman–Crippen MR) is 52.8 cm³/mol. The first-order chi connectivity index (χ1) is 6.90. The normalized spacial score (nSPS) is 40.3. The Hall–Kier alpha value is -1.10. The molecule has 1 aliphatic heterocycles. The van der Waals surface area contributed by atoms with Gasteiger partial charge >= 0.3 is 6.03 Å². The lowest BCUT2D eigenvalue weighted by atomic mass is 9.57. The van der Waals surface area contributed by atoms with Crippen LogP contribution in [0.5, 0.6) is 0 Å². The van der Waals surface area contributed by atoms with Crippen LogP contribution in [0, 0.1) is 5.41 Å². The molecule has 5 nitrogen and oxygen atoms in total. The summed E-state index contributed by atoms with van der Waals surface area (Å²) in [4.78, 5) is 26.1. The molecule has 2 rings (SSSR count). The van der Waals surface area contributed by atoms with E-state index in [0.717, 1.165) is 4.90 Å². The average molecular weight is 212 g/mol. The summed E-state index contributed by atoms with van der Waals surface area (Å²) in [6.45, 7) is 1.87. The zero-order valence-electron chi connectivity index (χ0n) is 9.28. The van der Waals surface area contributed by atoms with E-state index in [1.165, 1.54) is 11.9 Å². The van der Waals surface area contributed by atoms with Crippen molar-refractivity contribution in [2.24, 2.45) is 5.41 Å². The van der Waals surface area contributed by atoms with Crippen LogP contribution in [-0.4, -0.2) is 46.7 Å². The SMILES string of the molecule is CCC12CCC1(O)N(C)C(=O)N(C)C2=O. The summed E-state index contributed by atoms with van der Waals surface area (Å²) in [5.41, 5.74) is -2.03. The van der Waals surface area contributed by atoms with Crippen molar-refractivity contribution in [3.05, 3.63) is 0 Å². The number of hydrogen-bond donors (Lipinski definition) is 1. The van der Waals surface area contributed by atoms with Crippen LogP contribution in [0.1, 0.15) is 26.2 Å². The van der Waals surface area contributed by atoms with Crippen molar-refractivity contribution in [3.63, 3.8) is 0 Å². The lowest BCUT2D eigenvalue weighted by Crippen LogP contribution is -2.77. The lowest BCUT2D eigenvalue weighted by Gasteiger charge is -2.62. The Kier molecular flexibility index (Phi) is 1.89. The molecule has 15 heavy (non-hydrogen) atoms. The summed E-state index contributed by atoms with van der Waals surface area (Å²) < 4.78 is 0. The molecule has 84 valence electrons. The molecule has 0 aromatic heterocycles. The number of nitrogens with zero attached hydrogens (tertiary/aromatic N) is 2. The van der Waals surface area contributed by atoms with Gasteiger partial charge in [0.1, 0.15) is 0 Å². The molecule has 0 spiro atoms. The van der Waals surface area contributed by atoms with Crippen LogP contribution in [0.15, 0.2) is 0 Å². The van der Waals surface area contributed by atoms with Gasteiger partial charge in [-0.05, 0) is 19.3 Å². The number of amides is 3. The Labute approximate surface area is 88.6 Å². The fourth-order valence-electron chi connectivity index (χ4n) is 2.82. The van der Waals surface area contributed by atoms with Gasteiger partial charge in [0, 0.05) is 14.1 Å². The van der Waals surface area contributed by atoms with Crippen LogP contribution in [0.2, 0.25) is 0 Å². The van der Waals surface area contributed by atoms with E-state index in [0.29, 0.717) is 19.3 Å². The molecule has 3 amide bonds. The Balaban J connectivity index is 2.48. The fraction of sp³-hybridized carbons (Fsp3) is 0.800. The molecule has 2 fully saturated rings. The van der Waals surface area contributed by atoms with Crippen molar-refractivity contribution in [1.29, 1.82) is 0 Å². The molecule has 0 radical (unpaired) electrons. The number of rotatable bonds is 1. The van der Waals surface area contributed by atoms with E-state index in [2.05, 4.69) is 0 Å². The smallest absolute Gasteiger partial charge is 0.328 e. The van der Waals surface area contributed by atoms with Crippen molar-refractivity contribution in [2.75, 3.05) is 14.1 Å². The molecular formula is C10H16N2O3. The Morgan fingerprint density at radius 3 is 2.33 bits per heavy atom. The van der Waals surface area contributed by atoms with Crippen LogP contribution < -0.4 is 0 Å². The van der Waals surface area contributed by atoms with Crippen LogP contribution in [0.25, 0.3) is 0 Å². The summed E-state index contributed by atoms with van der Waals surface area (Å²) in [6.07, 6.45) is 1.70. The van der Waals surface area contributed by atoms with Gasteiger partial charge in [-0.2, -0.15) is 0 Å². The minimum atomic E-state index is -1.26. The molecule has 2 aliphatic rings. The molecule has 1 heterocycles. The van der Waals surface area contributed by atoms with Gasteiger partial charge in [-0.15, -0.1) is 0 Å². The molecule has 5 heteroatoms. The highest BCUT2D eigenvalue weighted by molar-refractivity contribution is 6.01. The Bertz CT molecular complexity index is 340. The van der Waals surface area contributed by atoms with E-state index in [9.17, 15) is 14.7 Å². The molecular weight excluding hydrogens is 196 g/mol. The van der Waals surface area contributed by atoms with E-state index >= 15 is 0 Å². The molecule has 1 saturated heterocycles. The summed E-state index contributed by atoms with van der Waals surface area (Å²) in [5.74, 6) is -0.248. The summed E-state index contributed by atoms with van der Waals surface area (Å²) >= 11 is 0. The van der Waals surface area contributed by atoms with Gasteiger partial charge in [0.15, 0.2) is 5.72 Å². The average Bonchev–Trinajstić information content (AvgIpc) is 2.23. The molecule has 0 aromatic carbocycles. The van der Waals surface area contributed by atoms with Gasteiger partial charge in [0.2, 0.25) is 5.91 Å². The van der Waals surface area contributed by atoms with Gasteiger partial charge < -0.3 is 5.11 Å². The monoisotopic (exact) mass is 212 g/mol. The first kappa shape index (κ1) is 10.4. The van der Waals surface area contributed by atoms with Crippen molar-refractivity contribution >= 4 is 11.9 Å². The Morgan fingerprint density at radius 1 is 1.33 bits per heavy atom. The third-order valence-corrected chi connectivity index (χ3v) is 4.11. The van der Waals surface area contributed by atoms with E-state index < -0.39 is 17.2 Å². The third kappa shape index (κ3) is 0.873. The Morgan fingerprint density at radius 2 is 1.93 bits per heavy atom. The van der Waals surface area contributed by atoms with E-state index in [4.69, 9.17) is 0 Å².